The molecule has 4 heteroatoms. The van der Waals surface area contributed by atoms with Crippen LogP contribution in [0, 0.1) is 20.8 Å². The maximum atomic E-state index is 12.4. The van der Waals surface area contributed by atoms with E-state index in [1.807, 2.05) is 36.1 Å². The Bertz CT molecular complexity index is 716. The summed E-state index contributed by atoms with van der Waals surface area (Å²) in [4.78, 5) is 16.7. The average Bonchev–Trinajstić information content (AvgIpc) is 2.59. The molecular weight excluding hydrogens is 298 g/mol. The lowest BCUT2D eigenvalue weighted by molar-refractivity contribution is 0.208. The summed E-state index contributed by atoms with van der Waals surface area (Å²) in [5.41, 5.74) is 5.97. The van der Waals surface area contributed by atoms with Crippen LogP contribution >= 0.6 is 0 Å². The summed E-state index contributed by atoms with van der Waals surface area (Å²) in [6.07, 6.45) is 0. The number of benzene rings is 2. The number of carbonyl (C=O) groups excluding carboxylic acids is 1. The van der Waals surface area contributed by atoms with Gasteiger partial charge in [-0.1, -0.05) is 29.8 Å². The molecule has 24 heavy (non-hydrogen) atoms. The first-order chi connectivity index (χ1) is 11.5. The van der Waals surface area contributed by atoms with Crippen LogP contribution in [0.15, 0.2) is 42.5 Å². The zero-order chi connectivity index (χ0) is 17.1. The van der Waals surface area contributed by atoms with Crippen LogP contribution in [0.5, 0.6) is 0 Å². The third-order valence-corrected chi connectivity index (χ3v) is 4.79. The van der Waals surface area contributed by atoms with Gasteiger partial charge in [0.2, 0.25) is 0 Å². The van der Waals surface area contributed by atoms with Gasteiger partial charge in [0.05, 0.1) is 0 Å². The van der Waals surface area contributed by atoms with Gasteiger partial charge < -0.3 is 15.1 Å². The molecule has 1 heterocycles. The minimum atomic E-state index is -0.0144. The molecule has 0 aromatic heterocycles. The maximum absolute atomic E-state index is 12.4. The molecular formula is C20H25N3O. The van der Waals surface area contributed by atoms with E-state index in [2.05, 4.69) is 42.3 Å². The second-order valence-corrected chi connectivity index (χ2v) is 6.49. The van der Waals surface area contributed by atoms with Gasteiger partial charge in [-0.15, -0.1) is 0 Å². The van der Waals surface area contributed by atoms with Gasteiger partial charge in [0, 0.05) is 37.6 Å². The van der Waals surface area contributed by atoms with Gasteiger partial charge in [0.15, 0.2) is 0 Å². The standard InChI is InChI=1S/C20H25N3O/c1-15-7-9-18(10-8-15)21-20(24)23-13-11-22(12-14-23)19-6-4-5-16(2)17(19)3/h4-10H,11-14H2,1-3H3,(H,21,24). The van der Waals surface area contributed by atoms with Crippen LogP contribution in [-0.4, -0.2) is 37.1 Å². The predicted octanol–water partition coefficient (Wildman–Crippen LogP) is 3.97. The van der Waals surface area contributed by atoms with Gasteiger partial charge in [-0.3, -0.25) is 0 Å². The van der Waals surface area contributed by atoms with Crippen molar-refractivity contribution in [1.29, 1.82) is 0 Å². The normalized spacial score (nSPS) is 14.6. The smallest absolute Gasteiger partial charge is 0.321 e. The van der Waals surface area contributed by atoms with E-state index in [1.54, 1.807) is 0 Å². The lowest BCUT2D eigenvalue weighted by Crippen LogP contribution is -2.50. The molecule has 1 aliphatic heterocycles. The first kappa shape index (κ1) is 16.4. The maximum Gasteiger partial charge on any atom is 0.321 e. The molecule has 1 saturated heterocycles. The first-order valence-electron chi connectivity index (χ1n) is 8.48. The summed E-state index contributed by atoms with van der Waals surface area (Å²) >= 11 is 0. The number of hydrogen-bond donors (Lipinski definition) is 1. The van der Waals surface area contributed by atoms with Crippen molar-refractivity contribution in [3.8, 4) is 0 Å². The minimum Gasteiger partial charge on any atom is -0.368 e. The number of anilines is 2. The summed E-state index contributed by atoms with van der Waals surface area (Å²) in [6, 6.07) is 14.3. The minimum absolute atomic E-state index is 0.0144. The van der Waals surface area contributed by atoms with E-state index in [0.29, 0.717) is 0 Å². The molecule has 126 valence electrons. The fourth-order valence-electron chi connectivity index (χ4n) is 3.07. The molecule has 0 atom stereocenters. The van der Waals surface area contributed by atoms with E-state index in [-0.39, 0.29) is 6.03 Å². The van der Waals surface area contributed by atoms with Gasteiger partial charge in [-0.25, -0.2) is 4.79 Å². The first-order valence-corrected chi connectivity index (χ1v) is 8.48. The number of aryl methyl sites for hydroxylation is 2. The fraction of sp³-hybridized carbons (Fsp3) is 0.350. The number of amides is 2. The molecule has 0 unspecified atom stereocenters. The Labute approximate surface area is 144 Å². The Hall–Kier alpha value is -2.49. The average molecular weight is 323 g/mol. The topological polar surface area (TPSA) is 35.6 Å². The monoisotopic (exact) mass is 323 g/mol. The Morgan fingerprint density at radius 2 is 1.58 bits per heavy atom. The number of carbonyl (C=O) groups is 1. The highest BCUT2D eigenvalue weighted by molar-refractivity contribution is 5.89. The highest BCUT2D eigenvalue weighted by Gasteiger charge is 2.22. The van der Waals surface area contributed by atoms with E-state index in [1.165, 1.54) is 22.4 Å². The Morgan fingerprint density at radius 3 is 2.25 bits per heavy atom. The van der Waals surface area contributed by atoms with Crippen molar-refractivity contribution < 1.29 is 4.79 Å². The third kappa shape index (κ3) is 3.53. The third-order valence-electron chi connectivity index (χ3n) is 4.79. The van der Waals surface area contributed by atoms with Crippen LogP contribution in [0.4, 0.5) is 16.2 Å². The summed E-state index contributed by atoms with van der Waals surface area (Å²) in [5.74, 6) is 0. The SMILES string of the molecule is Cc1ccc(NC(=O)N2CCN(c3cccc(C)c3C)CC2)cc1. The van der Waals surface area contributed by atoms with Crippen molar-refractivity contribution in [2.24, 2.45) is 0 Å². The van der Waals surface area contributed by atoms with Crippen LogP contribution < -0.4 is 10.2 Å². The van der Waals surface area contributed by atoms with E-state index < -0.39 is 0 Å². The van der Waals surface area contributed by atoms with Gasteiger partial charge >= 0.3 is 6.03 Å². The van der Waals surface area contributed by atoms with Gasteiger partial charge in [0.1, 0.15) is 0 Å². The lowest BCUT2D eigenvalue weighted by Gasteiger charge is -2.37. The Kier molecular flexibility index (Phi) is 4.74. The molecule has 0 radical (unpaired) electrons. The number of nitrogens with one attached hydrogen (secondary N) is 1. The van der Waals surface area contributed by atoms with Crippen LogP contribution in [0.1, 0.15) is 16.7 Å². The largest absolute Gasteiger partial charge is 0.368 e. The van der Waals surface area contributed by atoms with Crippen LogP contribution in [0.3, 0.4) is 0 Å². The summed E-state index contributed by atoms with van der Waals surface area (Å²) in [5, 5.41) is 2.98. The zero-order valence-electron chi connectivity index (χ0n) is 14.7. The molecule has 1 N–H and O–H groups in total. The number of piperazine rings is 1. The molecule has 0 aliphatic carbocycles. The lowest BCUT2D eigenvalue weighted by atomic mass is 10.1. The van der Waals surface area contributed by atoms with Crippen molar-refractivity contribution >= 4 is 17.4 Å². The zero-order valence-corrected chi connectivity index (χ0v) is 14.7. The fourth-order valence-corrected chi connectivity index (χ4v) is 3.07. The number of rotatable bonds is 2. The molecule has 0 bridgehead atoms. The number of hydrogen-bond acceptors (Lipinski definition) is 2. The van der Waals surface area contributed by atoms with Crippen LogP contribution in [-0.2, 0) is 0 Å². The van der Waals surface area contributed by atoms with E-state index in [4.69, 9.17) is 0 Å². The molecule has 1 fully saturated rings. The van der Waals surface area contributed by atoms with Gasteiger partial charge in [-0.05, 0) is 50.1 Å². The predicted molar refractivity (Wildman–Crippen MR) is 99.9 cm³/mol. The second kappa shape index (κ2) is 6.95. The summed E-state index contributed by atoms with van der Waals surface area (Å²) in [7, 11) is 0. The molecule has 2 aromatic rings. The van der Waals surface area contributed by atoms with Crippen molar-refractivity contribution in [3.05, 3.63) is 59.2 Å². The Balaban J connectivity index is 1.59. The quantitative estimate of drug-likeness (QED) is 0.908. The highest BCUT2D eigenvalue weighted by atomic mass is 16.2. The van der Waals surface area contributed by atoms with Crippen LogP contribution in [0.25, 0.3) is 0 Å². The molecule has 1 aliphatic rings. The van der Waals surface area contributed by atoms with Gasteiger partial charge in [0.25, 0.3) is 0 Å². The van der Waals surface area contributed by atoms with E-state index >= 15 is 0 Å². The Morgan fingerprint density at radius 1 is 0.917 bits per heavy atom. The van der Waals surface area contributed by atoms with Crippen LogP contribution in [0.2, 0.25) is 0 Å². The van der Waals surface area contributed by atoms with E-state index in [0.717, 1.165) is 31.9 Å². The molecule has 0 saturated carbocycles. The molecule has 3 rings (SSSR count). The number of urea groups is 1. The number of nitrogens with zero attached hydrogens (tertiary/aromatic N) is 2. The summed E-state index contributed by atoms with van der Waals surface area (Å²) < 4.78 is 0. The molecule has 4 nitrogen and oxygen atoms in total. The van der Waals surface area contributed by atoms with Gasteiger partial charge in [-0.2, -0.15) is 0 Å². The van der Waals surface area contributed by atoms with Crippen molar-refractivity contribution in [2.45, 2.75) is 20.8 Å². The highest BCUT2D eigenvalue weighted by Crippen LogP contribution is 2.24. The molecule has 2 amide bonds. The van der Waals surface area contributed by atoms with Crippen molar-refractivity contribution in [3.63, 3.8) is 0 Å². The molecule has 0 spiro atoms. The molecule has 2 aromatic carbocycles. The van der Waals surface area contributed by atoms with E-state index in [9.17, 15) is 4.79 Å². The summed E-state index contributed by atoms with van der Waals surface area (Å²) in [6.45, 7) is 9.57. The second-order valence-electron chi connectivity index (χ2n) is 6.49. The van der Waals surface area contributed by atoms with Crippen molar-refractivity contribution in [1.82, 2.24) is 4.90 Å². The van der Waals surface area contributed by atoms with Crippen molar-refractivity contribution in [2.75, 3.05) is 36.4 Å².